The van der Waals surface area contributed by atoms with Gasteiger partial charge in [-0.3, -0.25) is 0 Å². The molecule has 2 heterocycles. The Morgan fingerprint density at radius 3 is 2.26 bits per heavy atom. The fourth-order valence-corrected chi connectivity index (χ4v) is 6.72. The van der Waals surface area contributed by atoms with Gasteiger partial charge < -0.3 is 10.0 Å². The second kappa shape index (κ2) is 9.77. The van der Waals surface area contributed by atoms with Crippen molar-refractivity contribution in [2.24, 2.45) is 0 Å². The third-order valence-electron chi connectivity index (χ3n) is 8.50. The van der Waals surface area contributed by atoms with Gasteiger partial charge in [0.1, 0.15) is 12.3 Å². The quantitative estimate of drug-likeness (QED) is 0.377. The number of hydrogen-bond donors (Lipinski definition) is 1. The average Bonchev–Trinajstić information content (AvgIpc) is 3.41. The number of benzene rings is 2. The Hall–Kier alpha value is -2.75. The van der Waals surface area contributed by atoms with Crippen molar-refractivity contribution in [3.63, 3.8) is 0 Å². The van der Waals surface area contributed by atoms with Gasteiger partial charge in [0.15, 0.2) is 5.71 Å². The van der Waals surface area contributed by atoms with E-state index < -0.39 is 0 Å². The van der Waals surface area contributed by atoms with Gasteiger partial charge in [0.25, 0.3) is 0 Å². The zero-order valence-electron chi connectivity index (χ0n) is 23.2. The molecule has 0 saturated heterocycles. The summed E-state index contributed by atoms with van der Waals surface area (Å²) >= 11 is 12.7. The molecular formula is C33H37Cl2N2O+. The van der Waals surface area contributed by atoms with Crippen LogP contribution in [0.25, 0.3) is 0 Å². The van der Waals surface area contributed by atoms with Crippen molar-refractivity contribution in [3.8, 4) is 0 Å². The van der Waals surface area contributed by atoms with Gasteiger partial charge in [-0.25, -0.2) is 0 Å². The highest BCUT2D eigenvalue weighted by molar-refractivity contribution is 6.31. The lowest BCUT2D eigenvalue weighted by Crippen LogP contribution is -2.27. The van der Waals surface area contributed by atoms with Crippen molar-refractivity contribution >= 4 is 40.3 Å². The van der Waals surface area contributed by atoms with Gasteiger partial charge in [-0.15, -0.1) is 0 Å². The summed E-state index contributed by atoms with van der Waals surface area (Å²) in [6.45, 7) is 15.1. The first-order valence-corrected chi connectivity index (χ1v) is 14.3. The Morgan fingerprint density at radius 1 is 0.895 bits per heavy atom. The third kappa shape index (κ3) is 4.25. The first kappa shape index (κ1) is 26.8. The molecule has 0 spiro atoms. The Morgan fingerprint density at radius 2 is 1.58 bits per heavy atom. The van der Waals surface area contributed by atoms with Crippen LogP contribution in [-0.2, 0) is 10.8 Å². The van der Waals surface area contributed by atoms with Gasteiger partial charge in [0.05, 0.1) is 5.41 Å². The predicted octanol–water partition coefficient (Wildman–Crippen LogP) is 9.18. The van der Waals surface area contributed by atoms with Crippen LogP contribution >= 0.6 is 23.2 Å². The second-order valence-electron chi connectivity index (χ2n) is 11.4. The number of rotatable bonds is 5. The monoisotopic (exact) mass is 547 g/mol. The molecule has 5 rings (SSSR count). The number of halogens is 2. The van der Waals surface area contributed by atoms with E-state index in [1.165, 1.54) is 33.9 Å². The van der Waals surface area contributed by atoms with Crippen LogP contribution in [0.4, 0.5) is 11.4 Å². The third-order valence-corrected chi connectivity index (χ3v) is 8.97. The van der Waals surface area contributed by atoms with Gasteiger partial charge in [0, 0.05) is 51.1 Å². The van der Waals surface area contributed by atoms with Crippen LogP contribution < -0.4 is 4.90 Å². The number of nitrogens with zero attached hydrogens (tertiary/aromatic N) is 2. The van der Waals surface area contributed by atoms with E-state index in [0.717, 1.165) is 47.1 Å². The standard InChI is InChI=1S/C33H36Cl2N2O/c1-7-36-27-15-13-23(34)19-25(27)32(3,4)29(36)17-11-21-9-10-22(31(21)38)12-18-30-33(5,6)26-20-24(35)14-16-28(26)37(30)8-2/h11-20H,7-10H2,1-6H3/p+1. The lowest BCUT2D eigenvalue weighted by Gasteiger charge is -2.26. The zero-order valence-corrected chi connectivity index (χ0v) is 24.7. The van der Waals surface area contributed by atoms with Crippen LogP contribution in [0.5, 0.6) is 0 Å². The van der Waals surface area contributed by atoms with Crippen molar-refractivity contribution in [2.75, 3.05) is 18.0 Å². The summed E-state index contributed by atoms with van der Waals surface area (Å²) in [4.78, 5) is 2.35. The number of likely N-dealkylation sites (N-methyl/N-ethyl adjacent to an activating group) is 1. The highest BCUT2D eigenvalue weighted by Gasteiger charge is 2.44. The molecule has 2 aromatic carbocycles. The van der Waals surface area contributed by atoms with Crippen LogP contribution in [-0.4, -0.2) is 28.5 Å². The van der Waals surface area contributed by atoms with Gasteiger partial charge in [-0.1, -0.05) is 43.1 Å². The minimum Gasteiger partial charge on any atom is -0.507 e. The molecule has 1 N–H and O–H groups in total. The average molecular weight is 549 g/mol. The molecule has 0 unspecified atom stereocenters. The topological polar surface area (TPSA) is 26.5 Å². The van der Waals surface area contributed by atoms with E-state index in [4.69, 9.17) is 23.2 Å². The number of allylic oxidation sites excluding steroid dienone is 7. The number of anilines is 1. The van der Waals surface area contributed by atoms with Crippen molar-refractivity contribution < 1.29 is 9.68 Å². The summed E-state index contributed by atoms with van der Waals surface area (Å²) in [5.41, 5.74) is 8.98. The predicted molar refractivity (Wildman–Crippen MR) is 162 cm³/mol. The Balaban J connectivity index is 1.46. The summed E-state index contributed by atoms with van der Waals surface area (Å²) in [6.07, 6.45) is 10.2. The molecule has 198 valence electrons. The molecule has 0 saturated carbocycles. The van der Waals surface area contributed by atoms with E-state index in [9.17, 15) is 5.11 Å². The molecule has 3 aliphatic rings. The number of aliphatic hydroxyl groups is 1. The van der Waals surface area contributed by atoms with Crippen LogP contribution in [0, 0.1) is 0 Å². The van der Waals surface area contributed by atoms with Gasteiger partial charge in [-0.2, -0.15) is 4.58 Å². The van der Waals surface area contributed by atoms with Crippen molar-refractivity contribution in [2.45, 2.75) is 65.2 Å². The number of hydrogen-bond acceptors (Lipinski definition) is 2. The van der Waals surface area contributed by atoms with Crippen LogP contribution in [0.1, 0.15) is 65.5 Å². The molecule has 0 bridgehead atoms. The van der Waals surface area contributed by atoms with Gasteiger partial charge >= 0.3 is 0 Å². The number of aliphatic hydroxyl groups excluding tert-OH is 1. The van der Waals surface area contributed by atoms with E-state index >= 15 is 0 Å². The van der Waals surface area contributed by atoms with Gasteiger partial charge in [-0.05, 0) is 99.7 Å². The van der Waals surface area contributed by atoms with Gasteiger partial charge in [0.2, 0.25) is 5.69 Å². The minimum absolute atomic E-state index is 0.166. The molecule has 1 aliphatic carbocycles. The molecule has 38 heavy (non-hydrogen) atoms. The van der Waals surface area contributed by atoms with Crippen molar-refractivity contribution in [1.29, 1.82) is 0 Å². The van der Waals surface area contributed by atoms with Crippen molar-refractivity contribution in [1.82, 2.24) is 0 Å². The smallest absolute Gasteiger partial charge is 0.209 e. The van der Waals surface area contributed by atoms with E-state index in [-0.39, 0.29) is 10.8 Å². The lowest BCUT2D eigenvalue weighted by atomic mass is 9.81. The molecule has 3 nitrogen and oxygen atoms in total. The highest BCUT2D eigenvalue weighted by atomic mass is 35.5. The molecule has 0 aromatic heterocycles. The normalized spacial score (nSPS) is 21.9. The van der Waals surface area contributed by atoms with E-state index in [1.807, 2.05) is 12.1 Å². The van der Waals surface area contributed by atoms with E-state index in [1.54, 1.807) is 0 Å². The summed E-state index contributed by atoms with van der Waals surface area (Å²) < 4.78 is 2.35. The fourth-order valence-electron chi connectivity index (χ4n) is 6.37. The van der Waals surface area contributed by atoms with Crippen LogP contribution in [0.15, 0.2) is 83.3 Å². The molecule has 0 fully saturated rings. The Labute approximate surface area is 237 Å². The maximum absolute atomic E-state index is 11.2. The SMILES string of the molecule is CCN1C(=CC=C2CCC(C=CC3=[N+](CC)c4ccc(Cl)cc4C3(C)C)=C2O)C(C)(C)c2cc(Cl)ccc21. The molecule has 5 heteroatoms. The first-order chi connectivity index (χ1) is 18.0. The molecule has 0 amide bonds. The molecule has 2 aromatic rings. The summed E-state index contributed by atoms with van der Waals surface area (Å²) in [5.74, 6) is 0.400. The largest absolute Gasteiger partial charge is 0.507 e. The number of fused-ring (bicyclic) bond motifs is 2. The molecule has 0 radical (unpaired) electrons. The fraction of sp³-hybridized carbons (Fsp3) is 0.364. The van der Waals surface area contributed by atoms with Crippen LogP contribution in [0.2, 0.25) is 10.0 Å². The van der Waals surface area contributed by atoms with Crippen molar-refractivity contribution in [3.05, 3.63) is 104 Å². The highest BCUT2D eigenvalue weighted by Crippen LogP contribution is 2.48. The molecule has 0 atom stereocenters. The summed E-state index contributed by atoms with van der Waals surface area (Å²) in [6, 6.07) is 12.3. The maximum atomic E-state index is 11.2. The van der Waals surface area contributed by atoms with E-state index in [2.05, 4.69) is 99.6 Å². The van der Waals surface area contributed by atoms with E-state index in [0.29, 0.717) is 5.76 Å². The lowest BCUT2D eigenvalue weighted by molar-refractivity contribution is -0.433. The second-order valence-corrected chi connectivity index (χ2v) is 12.3. The molecular weight excluding hydrogens is 511 g/mol. The Bertz CT molecular complexity index is 1470. The van der Waals surface area contributed by atoms with Crippen LogP contribution in [0.3, 0.4) is 0 Å². The summed E-state index contributed by atoms with van der Waals surface area (Å²) in [5, 5.41) is 12.7. The summed E-state index contributed by atoms with van der Waals surface area (Å²) in [7, 11) is 0. The molecule has 2 aliphatic heterocycles. The Kier molecular flexibility index (Phi) is 6.90. The minimum atomic E-state index is -0.166. The zero-order chi connectivity index (χ0) is 27.4. The first-order valence-electron chi connectivity index (χ1n) is 13.5. The maximum Gasteiger partial charge on any atom is 0.209 e.